The number of carbonyl (C=O) groups is 3. The Hall–Kier alpha value is -1.99. The third-order valence-corrected chi connectivity index (χ3v) is 2.04. The van der Waals surface area contributed by atoms with Gasteiger partial charge in [-0.3, -0.25) is 4.79 Å². The van der Waals surface area contributed by atoms with Crippen LogP contribution >= 0.6 is 0 Å². The van der Waals surface area contributed by atoms with Crippen molar-refractivity contribution >= 4 is 18.2 Å². The zero-order chi connectivity index (χ0) is 18.3. The van der Waals surface area contributed by atoms with Crippen LogP contribution in [0.4, 0.5) is 9.59 Å². The second-order valence-corrected chi connectivity index (χ2v) is 7.04. The van der Waals surface area contributed by atoms with Gasteiger partial charge in [0.25, 0.3) is 0 Å². The molecule has 0 bridgehead atoms. The SMILES string of the molecule is CC(CNC(=O)OC(C)(C)C)OC(=O)CNC(=O)OC(C)(C)C. The molecule has 23 heavy (non-hydrogen) atoms. The van der Waals surface area contributed by atoms with Crippen molar-refractivity contribution in [2.45, 2.75) is 65.8 Å². The van der Waals surface area contributed by atoms with Crippen LogP contribution in [-0.2, 0) is 19.0 Å². The summed E-state index contributed by atoms with van der Waals surface area (Å²) in [6.45, 7) is 11.8. The minimum absolute atomic E-state index is 0.104. The lowest BCUT2D eigenvalue weighted by molar-refractivity contribution is -0.146. The molecule has 1 unspecified atom stereocenters. The predicted molar refractivity (Wildman–Crippen MR) is 84.0 cm³/mol. The van der Waals surface area contributed by atoms with E-state index in [0.717, 1.165) is 0 Å². The Balaban J connectivity index is 3.98. The molecule has 0 aromatic heterocycles. The minimum atomic E-state index is -0.700. The summed E-state index contributed by atoms with van der Waals surface area (Å²) < 4.78 is 15.1. The maximum atomic E-state index is 11.6. The highest BCUT2D eigenvalue weighted by Crippen LogP contribution is 2.07. The Morgan fingerprint density at radius 3 is 1.74 bits per heavy atom. The molecule has 0 saturated carbocycles. The molecule has 0 fully saturated rings. The maximum Gasteiger partial charge on any atom is 0.408 e. The van der Waals surface area contributed by atoms with Crippen molar-refractivity contribution in [3.63, 3.8) is 0 Å². The van der Waals surface area contributed by atoms with Crippen molar-refractivity contribution in [3.05, 3.63) is 0 Å². The fourth-order valence-electron chi connectivity index (χ4n) is 1.31. The molecule has 0 heterocycles. The number of hydrogen-bond donors (Lipinski definition) is 2. The fourth-order valence-corrected chi connectivity index (χ4v) is 1.31. The van der Waals surface area contributed by atoms with Crippen LogP contribution in [0.5, 0.6) is 0 Å². The highest BCUT2D eigenvalue weighted by Gasteiger charge is 2.19. The van der Waals surface area contributed by atoms with Crippen LogP contribution in [-0.4, -0.2) is 48.6 Å². The van der Waals surface area contributed by atoms with E-state index in [1.54, 1.807) is 48.5 Å². The molecule has 0 aliphatic rings. The highest BCUT2D eigenvalue weighted by molar-refractivity contribution is 5.78. The van der Waals surface area contributed by atoms with Gasteiger partial charge in [-0.15, -0.1) is 0 Å². The van der Waals surface area contributed by atoms with Crippen molar-refractivity contribution in [2.75, 3.05) is 13.1 Å². The lowest BCUT2D eigenvalue weighted by Crippen LogP contribution is -2.39. The van der Waals surface area contributed by atoms with Crippen molar-refractivity contribution in [3.8, 4) is 0 Å². The van der Waals surface area contributed by atoms with Crippen molar-refractivity contribution in [1.29, 1.82) is 0 Å². The summed E-state index contributed by atoms with van der Waals surface area (Å²) in [5, 5.41) is 4.78. The first-order valence-corrected chi connectivity index (χ1v) is 7.41. The Morgan fingerprint density at radius 1 is 0.870 bits per heavy atom. The average Bonchev–Trinajstić information content (AvgIpc) is 2.29. The van der Waals surface area contributed by atoms with Gasteiger partial charge in [-0.1, -0.05) is 0 Å². The van der Waals surface area contributed by atoms with E-state index < -0.39 is 35.5 Å². The highest BCUT2D eigenvalue weighted by atomic mass is 16.6. The Kier molecular flexibility index (Phi) is 7.85. The molecule has 0 spiro atoms. The summed E-state index contributed by atoms with van der Waals surface area (Å²) in [6.07, 6.45) is -1.85. The van der Waals surface area contributed by atoms with Crippen molar-refractivity contribution < 1.29 is 28.6 Å². The van der Waals surface area contributed by atoms with Crippen LogP contribution in [0.1, 0.15) is 48.5 Å². The van der Waals surface area contributed by atoms with Gasteiger partial charge in [0.05, 0.1) is 6.54 Å². The van der Waals surface area contributed by atoms with Gasteiger partial charge < -0.3 is 24.8 Å². The lowest BCUT2D eigenvalue weighted by Gasteiger charge is -2.21. The standard InChI is InChI=1S/C15H28N2O6/c1-10(8-16-12(19)22-14(2,3)4)21-11(18)9-17-13(20)23-15(5,6)7/h10H,8-9H2,1-7H3,(H,16,19)(H,17,20). The molecule has 0 aromatic rings. The summed E-state index contributed by atoms with van der Waals surface area (Å²) in [6, 6.07) is 0. The summed E-state index contributed by atoms with van der Waals surface area (Å²) in [7, 11) is 0. The Labute approximate surface area is 137 Å². The van der Waals surface area contributed by atoms with Crippen LogP contribution in [0, 0.1) is 0 Å². The van der Waals surface area contributed by atoms with Gasteiger partial charge in [-0.25, -0.2) is 9.59 Å². The maximum absolute atomic E-state index is 11.6. The normalized spacial score (nSPS) is 12.8. The number of nitrogens with one attached hydrogen (secondary N) is 2. The molecule has 2 N–H and O–H groups in total. The van der Waals surface area contributed by atoms with Crippen LogP contribution in [0.25, 0.3) is 0 Å². The average molecular weight is 332 g/mol. The van der Waals surface area contributed by atoms with E-state index >= 15 is 0 Å². The number of hydrogen-bond acceptors (Lipinski definition) is 6. The third kappa shape index (κ3) is 13.4. The molecule has 8 heteroatoms. The van der Waals surface area contributed by atoms with E-state index in [0.29, 0.717) is 0 Å². The van der Waals surface area contributed by atoms with Gasteiger partial charge in [0, 0.05) is 0 Å². The van der Waals surface area contributed by atoms with E-state index in [-0.39, 0.29) is 13.1 Å². The third-order valence-electron chi connectivity index (χ3n) is 2.04. The second-order valence-electron chi connectivity index (χ2n) is 7.04. The summed E-state index contributed by atoms with van der Waals surface area (Å²) in [4.78, 5) is 34.4. The number of esters is 1. The summed E-state index contributed by atoms with van der Waals surface area (Å²) >= 11 is 0. The fraction of sp³-hybridized carbons (Fsp3) is 0.800. The zero-order valence-electron chi connectivity index (χ0n) is 14.9. The second kappa shape index (κ2) is 8.59. The summed E-state index contributed by atoms with van der Waals surface area (Å²) in [5.41, 5.74) is -1.24. The largest absolute Gasteiger partial charge is 0.459 e. The van der Waals surface area contributed by atoms with Crippen LogP contribution in [0.15, 0.2) is 0 Å². The van der Waals surface area contributed by atoms with Crippen LogP contribution in [0.3, 0.4) is 0 Å². The van der Waals surface area contributed by atoms with Crippen molar-refractivity contribution in [1.82, 2.24) is 10.6 Å². The monoisotopic (exact) mass is 332 g/mol. The van der Waals surface area contributed by atoms with Crippen LogP contribution in [0.2, 0.25) is 0 Å². The lowest BCUT2D eigenvalue weighted by atomic mass is 10.2. The number of alkyl carbamates (subject to hydrolysis) is 2. The van der Waals surface area contributed by atoms with Gasteiger partial charge in [0.2, 0.25) is 0 Å². The molecular formula is C15H28N2O6. The number of carbonyl (C=O) groups excluding carboxylic acids is 3. The van der Waals surface area contributed by atoms with Gasteiger partial charge in [0.15, 0.2) is 0 Å². The molecule has 8 nitrogen and oxygen atoms in total. The molecule has 134 valence electrons. The molecule has 0 radical (unpaired) electrons. The molecular weight excluding hydrogens is 304 g/mol. The predicted octanol–water partition coefficient (Wildman–Crippen LogP) is 1.97. The molecule has 0 aliphatic carbocycles. The van der Waals surface area contributed by atoms with Crippen LogP contribution < -0.4 is 10.6 Å². The Morgan fingerprint density at radius 2 is 1.30 bits per heavy atom. The van der Waals surface area contributed by atoms with Gasteiger partial charge in [-0.2, -0.15) is 0 Å². The first-order valence-electron chi connectivity index (χ1n) is 7.41. The van der Waals surface area contributed by atoms with Crippen molar-refractivity contribution in [2.24, 2.45) is 0 Å². The Bertz CT molecular complexity index is 423. The molecule has 0 saturated heterocycles. The smallest absolute Gasteiger partial charge is 0.408 e. The molecule has 2 amide bonds. The molecule has 0 aromatic carbocycles. The van der Waals surface area contributed by atoms with Gasteiger partial charge in [-0.05, 0) is 48.5 Å². The first-order chi connectivity index (χ1) is 10.3. The quantitative estimate of drug-likeness (QED) is 0.589. The topological polar surface area (TPSA) is 103 Å². The summed E-state index contributed by atoms with van der Waals surface area (Å²) in [5.74, 6) is -0.630. The van der Waals surface area contributed by atoms with Gasteiger partial charge >= 0.3 is 18.2 Å². The molecule has 0 rings (SSSR count). The van der Waals surface area contributed by atoms with E-state index in [4.69, 9.17) is 14.2 Å². The van der Waals surface area contributed by atoms with Gasteiger partial charge in [0.1, 0.15) is 23.9 Å². The number of rotatable bonds is 5. The number of ether oxygens (including phenoxy) is 3. The molecule has 1 atom stereocenters. The van der Waals surface area contributed by atoms with E-state index in [2.05, 4.69) is 10.6 Å². The first kappa shape index (κ1) is 21.0. The molecule has 0 aliphatic heterocycles. The van der Waals surface area contributed by atoms with E-state index in [1.807, 2.05) is 0 Å². The minimum Gasteiger partial charge on any atom is -0.459 e. The number of amides is 2. The zero-order valence-corrected chi connectivity index (χ0v) is 14.9. The van der Waals surface area contributed by atoms with E-state index in [1.165, 1.54) is 0 Å². The van der Waals surface area contributed by atoms with E-state index in [9.17, 15) is 14.4 Å².